The highest BCUT2D eigenvalue weighted by atomic mass is 79.9. The number of carbonyl (C=O) groups is 1. The monoisotopic (exact) mass is 355 g/mol. The van der Waals surface area contributed by atoms with Crippen LogP contribution in [0.1, 0.15) is 38.6 Å². The molecule has 2 rings (SSSR count). The van der Waals surface area contributed by atoms with Crippen LogP contribution in [0.15, 0.2) is 28.7 Å². The van der Waals surface area contributed by atoms with Crippen LogP contribution in [0, 0.1) is 19.7 Å². The number of benzene rings is 1. The number of hydrogen-bond acceptors (Lipinski definition) is 2. The van der Waals surface area contributed by atoms with E-state index in [0.29, 0.717) is 5.56 Å². The van der Waals surface area contributed by atoms with Gasteiger partial charge in [0.05, 0.1) is 16.1 Å². The lowest BCUT2D eigenvalue weighted by Crippen LogP contribution is -2.27. The molecule has 1 atom stereocenters. The van der Waals surface area contributed by atoms with E-state index in [1.165, 1.54) is 21.9 Å². The Balaban J connectivity index is 2.19. The van der Waals surface area contributed by atoms with Gasteiger partial charge in [-0.3, -0.25) is 4.79 Å². The lowest BCUT2D eigenvalue weighted by Gasteiger charge is -2.14. The van der Waals surface area contributed by atoms with Crippen LogP contribution in [0.3, 0.4) is 0 Å². The Morgan fingerprint density at radius 3 is 2.70 bits per heavy atom. The molecule has 0 aliphatic rings. The second kappa shape index (κ2) is 6.06. The van der Waals surface area contributed by atoms with Crippen LogP contribution in [0.2, 0.25) is 0 Å². The van der Waals surface area contributed by atoms with Gasteiger partial charge in [0.2, 0.25) is 0 Å². The maximum absolute atomic E-state index is 13.4. The third kappa shape index (κ3) is 3.10. The third-order valence-corrected chi connectivity index (χ3v) is 4.88. The van der Waals surface area contributed by atoms with Gasteiger partial charge in [0, 0.05) is 9.75 Å². The maximum Gasteiger partial charge on any atom is 0.253 e. The van der Waals surface area contributed by atoms with E-state index in [4.69, 9.17) is 0 Å². The third-order valence-electron chi connectivity index (χ3n) is 3.09. The zero-order chi connectivity index (χ0) is 14.9. The van der Waals surface area contributed by atoms with Gasteiger partial charge in [0.25, 0.3) is 5.91 Å². The summed E-state index contributed by atoms with van der Waals surface area (Å²) in [4.78, 5) is 14.6. The molecule has 0 bridgehead atoms. The van der Waals surface area contributed by atoms with Gasteiger partial charge in [-0.1, -0.05) is 6.07 Å². The summed E-state index contributed by atoms with van der Waals surface area (Å²) in [6.07, 6.45) is 0. The van der Waals surface area contributed by atoms with Crippen LogP contribution >= 0.6 is 27.3 Å². The standard InChI is InChI=1S/C15H15BrFNOS/c1-8-7-12(10(3)20-8)9(2)18-15(19)11-5-4-6-13(17)14(11)16/h4-7,9H,1-3H3,(H,18,19). The van der Waals surface area contributed by atoms with Crippen molar-refractivity contribution in [3.8, 4) is 0 Å². The molecule has 0 saturated heterocycles. The van der Waals surface area contributed by atoms with Crippen LogP contribution in [0.25, 0.3) is 0 Å². The van der Waals surface area contributed by atoms with E-state index in [1.807, 2.05) is 20.8 Å². The number of rotatable bonds is 3. The van der Waals surface area contributed by atoms with Crippen molar-refractivity contribution in [1.29, 1.82) is 0 Å². The predicted molar refractivity (Wildman–Crippen MR) is 83.8 cm³/mol. The first-order valence-corrected chi connectivity index (χ1v) is 7.83. The molecule has 1 heterocycles. The lowest BCUT2D eigenvalue weighted by molar-refractivity contribution is 0.0938. The summed E-state index contributed by atoms with van der Waals surface area (Å²) in [6, 6.07) is 6.41. The maximum atomic E-state index is 13.4. The summed E-state index contributed by atoms with van der Waals surface area (Å²) in [5.74, 6) is -0.722. The van der Waals surface area contributed by atoms with Crippen molar-refractivity contribution in [3.05, 3.63) is 55.4 Å². The first kappa shape index (κ1) is 15.2. The molecule has 0 fully saturated rings. The number of amides is 1. The van der Waals surface area contributed by atoms with Gasteiger partial charge in [-0.2, -0.15) is 0 Å². The van der Waals surface area contributed by atoms with Gasteiger partial charge in [-0.15, -0.1) is 11.3 Å². The largest absolute Gasteiger partial charge is 0.345 e. The van der Waals surface area contributed by atoms with Crippen LogP contribution in [0.4, 0.5) is 4.39 Å². The zero-order valence-corrected chi connectivity index (χ0v) is 13.9. The minimum absolute atomic E-state index is 0.109. The molecule has 2 nitrogen and oxygen atoms in total. The lowest BCUT2D eigenvalue weighted by atomic mass is 10.1. The number of thiophene rings is 1. The summed E-state index contributed by atoms with van der Waals surface area (Å²) >= 11 is 4.82. The molecular weight excluding hydrogens is 341 g/mol. The molecule has 0 aliphatic heterocycles. The highest BCUT2D eigenvalue weighted by Crippen LogP contribution is 2.27. The number of halogens is 2. The Kier molecular flexibility index (Phi) is 4.60. The summed E-state index contributed by atoms with van der Waals surface area (Å²) in [5, 5.41) is 2.91. The molecule has 0 saturated carbocycles. The van der Waals surface area contributed by atoms with Crippen molar-refractivity contribution in [3.63, 3.8) is 0 Å². The van der Waals surface area contributed by atoms with E-state index in [9.17, 15) is 9.18 Å². The molecule has 2 aromatic rings. The van der Waals surface area contributed by atoms with Gasteiger partial charge in [0.1, 0.15) is 5.82 Å². The fourth-order valence-electron chi connectivity index (χ4n) is 2.11. The normalized spacial score (nSPS) is 12.2. The van der Waals surface area contributed by atoms with E-state index in [0.717, 1.165) is 5.56 Å². The van der Waals surface area contributed by atoms with E-state index >= 15 is 0 Å². The van der Waals surface area contributed by atoms with E-state index in [-0.39, 0.29) is 16.4 Å². The van der Waals surface area contributed by atoms with Crippen molar-refractivity contribution in [2.75, 3.05) is 0 Å². The number of aryl methyl sites for hydroxylation is 2. The zero-order valence-electron chi connectivity index (χ0n) is 11.5. The van der Waals surface area contributed by atoms with Gasteiger partial charge < -0.3 is 5.32 Å². The highest BCUT2D eigenvalue weighted by Gasteiger charge is 2.17. The fraction of sp³-hybridized carbons (Fsp3) is 0.267. The molecule has 0 radical (unpaired) electrons. The summed E-state index contributed by atoms with van der Waals surface area (Å²) < 4.78 is 13.6. The Morgan fingerprint density at radius 1 is 1.40 bits per heavy atom. The first-order chi connectivity index (χ1) is 9.40. The van der Waals surface area contributed by atoms with E-state index in [2.05, 4.69) is 27.3 Å². The SMILES string of the molecule is Cc1cc(C(C)NC(=O)c2cccc(F)c2Br)c(C)s1. The first-order valence-electron chi connectivity index (χ1n) is 6.22. The van der Waals surface area contributed by atoms with Crippen LogP contribution < -0.4 is 5.32 Å². The average Bonchev–Trinajstić information content (AvgIpc) is 2.71. The highest BCUT2D eigenvalue weighted by molar-refractivity contribution is 9.10. The van der Waals surface area contributed by atoms with Crippen molar-refractivity contribution in [1.82, 2.24) is 5.32 Å². The second-order valence-corrected chi connectivity index (χ2v) is 6.92. The summed E-state index contributed by atoms with van der Waals surface area (Å²) in [6.45, 7) is 6.01. The molecule has 1 aromatic heterocycles. The van der Waals surface area contributed by atoms with E-state index < -0.39 is 5.82 Å². The molecule has 106 valence electrons. The van der Waals surface area contributed by atoms with Gasteiger partial charge in [-0.05, 0) is 60.5 Å². The van der Waals surface area contributed by atoms with Crippen molar-refractivity contribution in [2.24, 2.45) is 0 Å². The van der Waals surface area contributed by atoms with Gasteiger partial charge >= 0.3 is 0 Å². The Labute approximate surface area is 130 Å². The molecular formula is C15H15BrFNOS. The molecule has 1 aromatic carbocycles. The Hall–Kier alpha value is -1.20. The predicted octanol–water partition coefficient (Wildman–Crippen LogP) is 4.76. The number of nitrogens with one attached hydrogen (secondary N) is 1. The topological polar surface area (TPSA) is 29.1 Å². The van der Waals surface area contributed by atoms with Crippen LogP contribution in [-0.4, -0.2) is 5.91 Å². The fourth-order valence-corrected chi connectivity index (χ4v) is 3.58. The van der Waals surface area contributed by atoms with Crippen molar-refractivity contribution >= 4 is 33.2 Å². The summed E-state index contributed by atoms with van der Waals surface area (Å²) in [5.41, 5.74) is 1.41. The van der Waals surface area contributed by atoms with Gasteiger partial charge in [0.15, 0.2) is 0 Å². The summed E-state index contributed by atoms with van der Waals surface area (Å²) in [7, 11) is 0. The van der Waals surface area contributed by atoms with Crippen LogP contribution in [-0.2, 0) is 0 Å². The van der Waals surface area contributed by atoms with Crippen molar-refractivity contribution in [2.45, 2.75) is 26.8 Å². The smallest absolute Gasteiger partial charge is 0.253 e. The van der Waals surface area contributed by atoms with Crippen molar-refractivity contribution < 1.29 is 9.18 Å². The average molecular weight is 356 g/mol. The molecule has 0 spiro atoms. The number of carbonyl (C=O) groups excluding carboxylic acids is 1. The minimum Gasteiger partial charge on any atom is -0.345 e. The molecule has 5 heteroatoms. The Bertz CT molecular complexity index is 653. The number of hydrogen-bond donors (Lipinski definition) is 1. The molecule has 1 amide bonds. The van der Waals surface area contributed by atoms with Crippen LogP contribution in [0.5, 0.6) is 0 Å². The van der Waals surface area contributed by atoms with Gasteiger partial charge in [-0.25, -0.2) is 4.39 Å². The molecule has 1 unspecified atom stereocenters. The molecule has 1 N–H and O–H groups in total. The molecule has 0 aliphatic carbocycles. The quantitative estimate of drug-likeness (QED) is 0.844. The Morgan fingerprint density at radius 2 is 2.10 bits per heavy atom. The second-order valence-electron chi connectivity index (χ2n) is 4.67. The van der Waals surface area contributed by atoms with E-state index in [1.54, 1.807) is 17.4 Å². The molecule has 20 heavy (non-hydrogen) atoms. The minimum atomic E-state index is -0.437.